The van der Waals surface area contributed by atoms with Gasteiger partial charge in [0.15, 0.2) is 23.3 Å². The Morgan fingerprint density at radius 3 is 1.63 bits per heavy atom. The van der Waals surface area contributed by atoms with Gasteiger partial charge in [0.25, 0.3) is 0 Å². The Kier molecular flexibility index (Phi) is 7.54. The van der Waals surface area contributed by atoms with E-state index in [9.17, 15) is 17.6 Å². The zero-order valence-electron chi connectivity index (χ0n) is 19.7. The van der Waals surface area contributed by atoms with Crippen LogP contribution in [0.2, 0.25) is 0 Å². The lowest BCUT2D eigenvalue weighted by Gasteiger charge is -2.12. The third-order valence-electron chi connectivity index (χ3n) is 6.08. The fraction of sp³-hybridized carbons (Fsp3) is 0.200. The van der Waals surface area contributed by atoms with Gasteiger partial charge in [-0.1, -0.05) is 80.9 Å². The van der Waals surface area contributed by atoms with Gasteiger partial charge in [-0.05, 0) is 47.2 Å². The van der Waals surface area contributed by atoms with Crippen molar-refractivity contribution in [3.8, 4) is 28.0 Å². The van der Waals surface area contributed by atoms with E-state index in [-0.39, 0.29) is 23.3 Å². The van der Waals surface area contributed by atoms with E-state index in [1.807, 2.05) is 26.0 Å². The molecule has 0 amide bonds. The van der Waals surface area contributed by atoms with Crippen molar-refractivity contribution in [2.24, 2.45) is 0 Å². The first-order valence-electron chi connectivity index (χ1n) is 11.7. The van der Waals surface area contributed by atoms with Crippen molar-refractivity contribution in [1.82, 2.24) is 0 Å². The molecule has 0 atom stereocenters. The molecule has 0 radical (unpaired) electrons. The van der Waals surface area contributed by atoms with Gasteiger partial charge in [-0.2, -0.15) is 0 Å². The number of hydrogen-bond acceptors (Lipinski definition) is 1. The highest BCUT2D eigenvalue weighted by Crippen LogP contribution is 2.32. The fourth-order valence-electron chi connectivity index (χ4n) is 4.01. The molecule has 5 heteroatoms. The van der Waals surface area contributed by atoms with Gasteiger partial charge in [0.05, 0.1) is 0 Å². The van der Waals surface area contributed by atoms with Gasteiger partial charge in [0, 0.05) is 16.7 Å². The molecule has 0 aromatic heterocycles. The van der Waals surface area contributed by atoms with Crippen LogP contribution in [-0.2, 0) is 19.4 Å². The summed E-state index contributed by atoms with van der Waals surface area (Å²) < 4.78 is 63.9. The summed E-state index contributed by atoms with van der Waals surface area (Å²) in [5.74, 6) is -3.18. The zero-order valence-corrected chi connectivity index (χ0v) is 19.7. The maximum absolute atomic E-state index is 14.9. The second kappa shape index (κ2) is 10.8. The van der Waals surface area contributed by atoms with Crippen LogP contribution in [0.5, 0.6) is 5.75 Å². The van der Waals surface area contributed by atoms with Crippen LogP contribution >= 0.6 is 0 Å². The Bertz CT molecular complexity index is 1310. The van der Waals surface area contributed by atoms with Gasteiger partial charge in [0.2, 0.25) is 0 Å². The van der Waals surface area contributed by atoms with Crippen LogP contribution in [0.1, 0.15) is 37.0 Å². The minimum absolute atomic E-state index is 0.113. The molecule has 0 heterocycles. The Hall–Kier alpha value is -3.60. The molecule has 180 valence electrons. The molecule has 35 heavy (non-hydrogen) atoms. The normalized spacial score (nSPS) is 11.0. The molecule has 0 N–H and O–H groups in total. The largest absolute Gasteiger partial charge is 0.489 e. The van der Waals surface area contributed by atoms with Crippen LogP contribution in [-0.4, -0.2) is 0 Å². The molecular formula is C30H26F4O. The molecule has 0 aliphatic rings. The topological polar surface area (TPSA) is 9.23 Å². The Labute approximate surface area is 203 Å². The average molecular weight is 479 g/mol. The monoisotopic (exact) mass is 478 g/mol. The highest BCUT2D eigenvalue weighted by atomic mass is 19.2. The van der Waals surface area contributed by atoms with E-state index < -0.39 is 23.3 Å². The third-order valence-corrected chi connectivity index (χ3v) is 6.08. The summed E-state index contributed by atoms with van der Waals surface area (Å²) in [5.41, 5.74) is 2.99. The van der Waals surface area contributed by atoms with Crippen molar-refractivity contribution in [1.29, 1.82) is 0 Å². The molecule has 0 unspecified atom stereocenters. The molecule has 0 saturated heterocycles. The van der Waals surface area contributed by atoms with E-state index >= 15 is 0 Å². The Balaban J connectivity index is 1.50. The molecule has 4 aromatic carbocycles. The number of benzene rings is 4. The maximum Gasteiger partial charge on any atom is 0.167 e. The van der Waals surface area contributed by atoms with Crippen LogP contribution in [0.15, 0.2) is 72.8 Å². The predicted molar refractivity (Wildman–Crippen MR) is 131 cm³/mol. The molecule has 4 rings (SSSR count). The first-order chi connectivity index (χ1) is 16.9. The molecule has 0 fully saturated rings. The summed E-state index contributed by atoms with van der Waals surface area (Å²) in [5, 5.41) is 0. The molecule has 0 aliphatic carbocycles. The van der Waals surface area contributed by atoms with Gasteiger partial charge >= 0.3 is 0 Å². The minimum Gasteiger partial charge on any atom is -0.489 e. The quantitative estimate of drug-likeness (QED) is 0.230. The zero-order chi connectivity index (χ0) is 24.9. The van der Waals surface area contributed by atoms with Crippen molar-refractivity contribution in [2.45, 2.75) is 39.7 Å². The van der Waals surface area contributed by atoms with Crippen LogP contribution in [0, 0.1) is 23.3 Å². The van der Waals surface area contributed by atoms with Crippen molar-refractivity contribution in [2.75, 3.05) is 0 Å². The summed E-state index contributed by atoms with van der Waals surface area (Å²) in [6.07, 6.45) is 2.05. The lowest BCUT2D eigenvalue weighted by Crippen LogP contribution is -2.03. The highest BCUT2D eigenvalue weighted by Gasteiger charge is 2.17. The highest BCUT2D eigenvalue weighted by molar-refractivity contribution is 5.72. The lowest BCUT2D eigenvalue weighted by atomic mass is 9.98. The van der Waals surface area contributed by atoms with Crippen molar-refractivity contribution in [3.63, 3.8) is 0 Å². The van der Waals surface area contributed by atoms with Gasteiger partial charge in [-0.3, -0.25) is 0 Å². The van der Waals surface area contributed by atoms with Gasteiger partial charge < -0.3 is 4.74 Å². The second-order valence-electron chi connectivity index (χ2n) is 8.41. The fourth-order valence-corrected chi connectivity index (χ4v) is 4.01. The number of rotatable bonds is 8. The smallest absolute Gasteiger partial charge is 0.167 e. The molecule has 0 bridgehead atoms. The van der Waals surface area contributed by atoms with E-state index in [1.54, 1.807) is 54.6 Å². The number of halogens is 4. The molecule has 0 spiro atoms. The van der Waals surface area contributed by atoms with E-state index in [1.165, 1.54) is 6.07 Å². The molecular weight excluding hydrogens is 452 g/mol. The average Bonchev–Trinajstić information content (AvgIpc) is 2.88. The summed E-state index contributed by atoms with van der Waals surface area (Å²) in [6.45, 7) is 3.78. The number of ether oxygens (including phenoxy) is 1. The minimum atomic E-state index is -0.930. The first kappa shape index (κ1) is 24.5. The van der Waals surface area contributed by atoms with Crippen molar-refractivity contribution >= 4 is 0 Å². The van der Waals surface area contributed by atoms with Crippen LogP contribution in [0.3, 0.4) is 0 Å². The van der Waals surface area contributed by atoms with E-state index in [4.69, 9.17) is 4.74 Å². The molecule has 1 nitrogen and oxygen atoms in total. The third kappa shape index (κ3) is 5.24. The summed E-state index contributed by atoms with van der Waals surface area (Å²) in [6, 6.07) is 20.0. The van der Waals surface area contributed by atoms with Crippen molar-refractivity contribution in [3.05, 3.63) is 113 Å². The second-order valence-corrected chi connectivity index (χ2v) is 8.41. The standard InChI is InChI=1S/C30H26F4O/c1-3-5-22-10-11-23(28(32)27(22)31)18-35-24-14-12-21(13-15-24)26-17-16-25(29(33)30(26)34)20-8-6-19(4-2)7-9-20/h6-17H,3-5,18H2,1-2H3. The van der Waals surface area contributed by atoms with E-state index in [2.05, 4.69) is 0 Å². The molecule has 0 saturated carbocycles. The van der Waals surface area contributed by atoms with Gasteiger partial charge in [0.1, 0.15) is 12.4 Å². The van der Waals surface area contributed by atoms with Crippen LogP contribution in [0.25, 0.3) is 22.3 Å². The van der Waals surface area contributed by atoms with Crippen molar-refractivity contribution < 1.29 is 22.3 Å². The molecule has 4 aromatic rings. The predicted octanol–water partition coefficient (Wildman–Crippen LogP) is 8.67. The number of hydrogen-bond donors (Lipinski definition) is 0. The molecule has 0 aliphatic heterocycles. The van der Waals surface area contributed by atoms with E-state index in [0.717, 1.165) is 18.4 Å². The van der Waals surface area contributed by atoms with Crippen LogP contribution in [0.4, 0.5) is 17.6 Å². The van der Waals surface area contributed by atoms with Crippen LogP contribution < -0.4 is 4.74 Å². The number of aryl methyl sites for hydroxylation is 2. The summed E-state index contributed by atoms with van der Waals surface area (Å²) in [7, 11) is 0. The lowest BCUT2D eigenvalue weighted by molar-refractivity contribution is 0.297. The van der Waals surface area contributed by atoms with E-state index in [0.29, 0.717) is 28.9 Å². The van der Waals surface area contributed by atoms with Gasteiger partial charge in [-0.15, -0.1) is 0 Å². The SMILES string of the molecule is CCCc1ccc(COc2ccc(-c3ccc(-c4ccc(CC)cc4)c(F)c3F)cc2)c(F)c1F. The van der Waals surface area contributed by atoms with Gasteiger partial charge in [-0.25, -0.2) is 17.6 Å². The first-order valence-corrected chi connectivity index (χ1v) is 11.7. The Morgan fingerprint density at radius 1 is 0.571 bits per heavy atom. The summed E-state index contributed by atoms with van der Waals surface area (Å²) >= 11 is 0. The summed E-state index contributed by atoms with van der Waals surface area (Å²) in [4.78, 5) is 0. The Morgan fingerprint density at radius 2 is 1.09 bits per heavy atom. The maximum atomic E-state index is 14.9.